The van der Waals surface area contributed by atoms with Crippen LogP contribution in [-0.2, 0) is 0 Å². The number of aryl methyl sites for hydroxylation is 1. The van der Waals surface area contributed by atoms with E-state index in [0.717, 1.165) is 0 Å². The van der Waals surface area contributed by atoms with Gasteiger partial charge in [0.05, 0.1) is 4.92 Å². The molecule has 1 aromatic carbocycles. The first kappa shape index (κ1) is 11.0. The van der Waals surface area contributed by atoms with Crippen LogP contribution in [-0.4, -0.2) is 17.4 Å². The van der Waals surface area contributed by atoms with E-state index in [0.29, 0.717) is 11.3 Å². The van der Waals surface area contributed by atoms with Crippen LogP contribution in [0.1, 0.15) is 5.56 Å². The Bertz CT molecular complexity index is 404. The first-order chi connectivity index (χ1) is 7.00. The summed E-state index contributed by atoms with van der Waals surface area (Å²) in [6.45, 7) is 1.61. The predicted molar refractivity (Wildman–Crippen MR) is 55.2 cm³/mol. The van der Waals surface area contributed by atoms with Gasteiger partial charge in [-0.2, -0.15) is 0 Å². The van der Waals surface area contributed by atoms with Crippen LogP contribution < -0.4 is 10.5 Å². The zero-order valence-corrected chi connectivity index (χ0v) is 8.19. The second-order valence-electron chi connectivity index (χ2n) is 3.02. The normalized spacial score (nSPS) is 9.67. The molecule has 0 aliphatic carbocycles. The van der Waals surface area contributed by atoms with Crippen LogP contribution in [0.4, 0.5) is 5.69 Å². The molecule has 15 heavy (non-hydrogen) atoms. The number of hydrogen-bond donors (Lipinski definition) is 2. The molecule has 0 saturated carbocycles. The fourth-order valence-corrected chi connectivity index (χ4v) is 1.08. The Morgan fingerprint density at radius 3 is 2.80 bits per heavy atom. The molecule has 6 heteroatoms. The monoisotopic (exact) mass is 209 g/mol. The number of ether oxygens (including phenoxy) is 1. The van der Waals surface area contributed by atoms with E-state index < -0.39 is 4.92 Å². The molecule has 80 valence electrons. The van der Waals surface area contributed by atoms with Gasteiger partial charge in [0.1, 0.15) is 18.2 Å². The molecule has 0 fully saturated rings. The molecule has 0 bridgehead atoms. The van der Waals surface area contributed by atoms with Gasteiger partial charge in [0.2, 0.25) is 0 Å². The van der Waals surface area contributed by atoms with Crippen LogP contribution in [0.3, 0.4) is 0 Å². The number of rotatable bonds is 4. The van der Waals surface area contributed by atoms with Crippen molar-refractivity contribution in [1.29, 1.82) is 5.41 Å². The van der Waals surface area contributed by atoms with E-state index in [1.807, 2.05) is 0 Å². The van der Waals surface area contributed by atoms with Gasteiger partial charge in [-0.1, -0.05) is 0 Å². The van der Waals surface area contributed by atoms with E-state index in [2.05, 4.69) is 0 Å². The lowest BCUT2D eigenvalue weighted by Crippen LogP contribution is -2.19. The Hall–Kier alpha value is -2.11. The maximum absolute atomic E-state index is 10.5. The number of hydrogen-bond acceptors (Lipinski definition) is 4. The largest absolute Gasteiger partial charge is 0.486 e. The highest BCUT2D eigenvalue weighted by atomic mass is 16.6. The van der Waals surface area contributed by atoms with Gasteiger partial charge >= 0.3 is 0 Å². The summed E-state index contributed by atoms with van der Waals surface area (Å²) in [4.78, 5) is 10.1. The van der Waals surface area contributed by atoms with Gasteiger partial charge in [-0.05, 0) is 19.1 Å². The molecule has 3 N–H and O–H groups in total. The third-order valence-corrected chi connectivity index (χ3v) is 1.76. The summed E-state index contributed by atoms with van der Waals surface area (Å²) < 4.78 is 5.11. The first-order valence-electron chi connectivity index (χ1n) is 4.21. The average molecular weight is 209 g/mol. The van der Waals surface area contributed by atoms with Crippen LogP contribution in [0.25, 0.3) is 0 Å². The minimum Gasteiger partial charge on any atom is -0.486 e. The molecular formula is C9H11N3O3. The van der Waals surface area contributed by atoms with Crippen molar-refractivity contribution >= 4 is 11.5 Å². The van der Waals surface area contributed by atoms with Gasteiger partial charge in [0.25, 0.3) is 5.69 Å². The molecule has 0 aliphatic rings. The van der Waals surface area contributed by atoms with Crippen molar-refractivity contribution in [2.75, 3.05) is 6.61 Å². The Labute approximate surface area is 86.3 Å². The summed E-state index contributed by atoms with van der Waals surface area (Å²) in [7, 11) is 0. The van der Waals surface area contributed by atoms with Crippen LogP contribution in [0.15, 0.2) is 18.2 Å². The summed E-state index contributed by atoms with van der Waals surface area (Å²) in [5.74, 6) is 0.374. The maximum atomic E-state index is 10.5. The zero-order valence-electron chi connectivity index (χ0n) is 8.19. The number of nitrogens with two attached hydrogens (primary N) is 1. The molecule has 0 saturated heterocycles. The molecule has 0 heterocycles. The zero-order chi connectivity index (χ0) is 11.4. The number of nitro benzene ring substituents is 1. The summed E-state index contributed by atoms with van der Waals surface area (Å²) in [5, 5.41) is 17.5. The lowest BCUT2D eigenvalue weighted by molar-refractivity contribution is -0.385. The molecule has 0 amide bonds. The Morgan fingerprint density at radius 1 is 1.67 bits per heavy atom. The number of nitrogens with zero attached hydrogens (tertiary/aromatic N) is 1. The van der Waals surface area contributed by atoms with Gasteiger partial charge < -0.3 is 10.5 Å². The molecule has 0 radical (unpaired) electrons. The fourth-order valence-electron chi connectivity index (χ4n) is 1.08. The second-order valence-corrected chi connectivity index (χ2v) is 3.02. The van der Waals surface area contributed by atoms with Crippen LogP contribution in [0, 0.1) is 22.4 Å². The molecule has 1 aromatic rings. The van der Waals surface area contributed by atoms with E-state index in [1.165, 1.54) is 12.1 Å². The van der Waals surface area contributed by atoms with Gasteiger partial charge in [0.15, 0.2) is 0 Å². The summed E-state index contributed by atoms with van der Waals surface area (Å²) in [6, 6.07) is 4.39. The third kappa shape index (κ3) is 2.94. The third-order valence-electron chi connectivity index (χ3n) is 1.76. The van der Waals surface area contributed by atoms with Gasteiger partial charge in [-0.25, -0.2) is 0 Å². The quantitative estimate of drug-likeness (QED) is 0.336. The second kappa shape index (κ2) is 4.41. The molecule has 0 atom stereocenters. The predicted octanol–water partition coefficient (Wildman–Crippen LogP) is 1.22. The summed E-state index contributed by atoms with van der Waals surface area (Å²) >= 11 is 0. The molecule has 0 aromatic heterocycles. The topological polar surface area (TPSA) is 102 Å². The number of nitro groups is 1. The Balaban J connectivity index is 2.82. The van der Waals surface area contributed by atoms with Gasteiger partial charge in [-0.3, -0.25) is 15.5 Å². The summed E-state index contributed by atoms with van der Waals surface area (Å²) in [5.41, 5.74) is 5.67. The van der Waals surface area contributed by atoms with Crippen molar-refractivity contribution in [3.05, 3.63) is 33.9 Å². The lowest BCUT2D eigenvalue weighted by atomic mass is 10.2. The first-order valence-corrected chi connectivity index (χ1v) is 4.21. The molecular weight excluding hydrogens is 198 g/mol. The molecule has 6 nitrogen and oxygen atoms in total. The molecule has 0 spiro atoms. The smallest absolute Gasteiger partial charge is 0.272 e. The van der Waals surface area contributed by atoms with Crippen molar-refractivity contribution in [3.8, 4) is 5.75 Å². The minimum atomic E-state index is -0.454. The van der Waals surface area contributed by atoms with E-state index in [4.69, 9.17) is 15.9 Å². The van der Waals surface area contributed by atoms with Crippen molar-refractivity contribution < 1.29 is 9.66 Å². The number of nitrogens with one attached hydrogen (secondary N) is 1. The molecule has 1 rings (SSSR count). The number of benzene rings is 1. The van der Waals surface area contributed by atoms with Crippen molar-refractivity contribution in [3.63, 3.8) is 0 Å². The minimum absolute atomic E-state index is 0.0166. The van der Waals surface area contributed by atoms with Crippen LogP contribution >= 0.6 is 0 Å². The average Bonchev–Trinajstić information content (AvgIpc) is 2.14. The van der Waals surface area contributed by atoms with Crippen molar-refractivity contribution in [2.45, 2.75) is 6.92 Å². The Kier molecular flexibility index (Phi) is 3.22. The van der Waals surface area contributed by atoms with E-state index in [1.54, 1.807) is 13.0 Å². The highest BCUT2D eigenvalue weighted by Gasteiger charge is 2.10. The SMILES string of the molecule is Cc1cc(OCC(=N)N)ccc1[N+](=O)[O-]. The van der Waals surface area contributed by atoms with E-state index in [9.17, 15) is 10.1 Å². The number of amidine groups is 1. The molecule has 0 unspecified atom stereocenters. The lowest BCUT2D eigenvalue weighted by Gasteiger charge is -2.05. The van der Waals surface area contributed by atoms with E-state index >= 15 is 0 Å². The fraction of sp³-hybridized carbons (Fsp3) is 0.222. The Morgan fingerprint density at radius 2 is 2.33 bits per heavy atom. The highest BCUT2D eigenvalue weighted by molar-refractivity contribution is 5.78. The summed E-state index contributed by atoms with van der Waals surface area (Å²) in [6.07, 6.45) is 0. The van der Waals surface area contributed by atoms with Gasteiger partial charge in [0, 0.05) is 11.6 Å². The van der Waals surface area contributed by atoms with Crippen molar-refractivity contribution in [1.82, 2.24) is 0 Å². The van der Waals surface area contributed by atoms with Gasteiger partial charge in [-0.15, -0.1) is 0 Å². The van der Waals surface area contributed by atoms with Crippen LogP contribution in [0.5, 0.6) is 5.75 Å². The van der Waals surface area contributed by atoms with Crippen molar-refractivity contribution in [2.24, 2.45) is 5.73 Å². The standard InChI is InChI=1S/C9H11N3O3/c1-6-4-7(15-5-9(10)11)2-3-8(6)12(13)14/h2-4H,5H2,1H3,(H3,10,11). The maximum Gasteiger partial charge on any atom is 0.272 e. The highest BCUT2D eigenvalue weighted by Crippen LogP contribution is 2.22. The van der Waals surface area contributed by atoms with E-state index in [-0.39, 0.29) is 18.1 Å². The van der Waals surface area contributed by atoms with Crippen LogP contribution in [0.2, 0.25) is 0 Å². The molecule has 0 aliphatic heterocycles.